The minimum Gasteiger partial charge on any atom is -0.342 e. The van der Waals surface area contributed by atoms with Crippen LogP contribution in [0, 0.1) is 5.92 Å². The fraction of sp³-hybridized carbons (Fsp3) is 0.435. The van der Waals surface area contributed by atoms with E-state index in [0.717, 1.165) is 37.9 Å². The van der Waals surface area contributed by atoms with Crippen LogP contribution in [0.2, 0.25) is 0 Å². The van der Waals surface area contributed by atoms with Crippen molar-refractivity contribution in [2.75, 3.05) is 26.2 Å². The fourth-order valence-corrected chi connectivity index (χ4v) is 4.42. The zero-order valence-corrected chi connectivity index (χ0v) is 16.2. The van der Waals surface area contributed by atoms with Gasteiger partial charge in [-0.15, -0.1) is 0 Å². The summed E-state index contributed by atoms with van der Waals surface area (Å²) in [4.78, 5) is 34.1. The Morgan fingerprint density at radius 1 is 0.964 bits per heavy atom. The van der Waals surface area contributed by atoms with Gasteiger partial charge in [0.15, 0.2) is 0 Å². The lowest BCUT2D eigenvalue weighted by Gasteiger charge is -2.23. The van der Waals surface area contributed by atoms with Gasteiger partial charge in [-0.25, -0.2) is 0 Å². The number of aromatic nitrogens is 1. The zero-order valence-electron chi connectivity index (χ0n) is 16.2. The van der Waals surface area contributed by atoms with Crippen LogP contribution in [0.25, 0.3) is 0 Å². The number of hydrogen-bond acceptors (Lipinski definition) is 3. The predicted octanol–water partition coefficient (Wildman–Crippen LogP) is 2.88. The lowest BCUT2D eigenvalue weighted by Crippen LogP contribution is -2.37. The van der Waals surface area contributed by atoms with E-state index < -0.39 is 0 Å². The third-order valence-electron chi connectivity index (χ3n) is 5.99. The van der Waals surface area contributed by atoms with Crippen molar-refractivity contribution in [1.29, 1.82) is 0 Å². The lowest BCUT2D eigenvalue weighted by molar-refractivity contribution is -0.135. The van der Waals surface area contributed by atoms with Gasteiger partial charge in [0.05, 0.1) is 5.92 Å². The molecular formula is C23H27N3O2. The first-order chi connectivity index (χ1) is 13.7. The summed E-state index contributed by atoms with van der Waals surface area (Å²) in [6, 6.07) is 14.0. The molecule has 2 atom stereocenters. The van der Waals surface area contributed by atoms with Crippen molar-refractivity contribution in [3.8, 4) is 0 Å². The van der Waals surface area contributed by atoms with Crippen LogP contribution in [0.4, 0.5) is 0 Å². The molecule has 2 aliphatic heterocycles. The Balaban J connectivity index is 1.47. The summed E-state index contributed by atoms with van der Waals surface area (Å²) < 4.78 is 0. The SMILES string of the molecule is O=C(CCc1ccccc1)N1C[C@@H](C(=O)N2CCCC2)[C@H](c2cccnc2)C1. The summed E-state index contributed by atoms with van der Waals surface area (Å²) in [5, 5.41) is 0. The van der Waals surface area contributed by atoms with E-state index in [9.17, 15) is 9.59 Å². The number of carbonyl (C=O) groups excluding carboxylic acids is 2. The van der Waals surface area contributed by atoms with Crippen molar-refractivity contribution >= 4 is 11.8 Å². The molecule has 0 bridgehead atoms. The Labute approximate surface area is 166 Å². The van der Waals surface area contributed by atoms with Crippen LogP contribution in [-0.2, 0) is 16.0 Å². The molecule has 0 N–H and O–H groups in total. The average Bonchev–Trinajstić information content (AvgIpc) is 3.43. The molecule has 2 saturated heterocycles. The van der Waals surface area contributed by atoms with E-state index in [0.29, 0.717) is 19.5 Å². The number of pyridine rings is 1. The van der Waals surface area contributed by atoms with Crippen molar-refractivity contribution in [3.05, 3.63) is 66.0 Å². The molecule has 0 radical (unpaired) electrons. The molecule has 3 heterocycles. The number of carbonyl (C=O) groups is 2. The van der Waals surface area contributed by atoms with Crippen molar-refractivity contribution in [1.82, 2.24) is 14.8 Å². The standard InChI is InChI=1S/C23H27N3O2/c27-22(11-10-18-7-2-1-3-8-18)26-16-20(19-9-6-12-24-15-19)21(17-26)23(28)25-13-4-5-14-25/h1-3,6-9,12,15,20-21H,4-5,10-11,13-14,16-17H2/t20-,21+/m0/s1. The molecule has 2 amide bonds. The van der Waals surface area contributed by atoms with E-state index in [1.165, 1.54) is 5.56 Å². The van der Waals surface area contributed by atoms with Crippen LogP contribution in [0.15, 0.2) is 54.9 Å². The summed E-state index contributed by atoms with van der Waals surface area (Å²) in [5.41, 5.74) is 2.22. The summed E-state index contributed by atoms with van der Waals surface area (Å²) >= 11 is 0. The highest BCUT2D eigenvalue weighted by molar-refractivity contribution is 5.83. The number of amides is 2. The molecule has 2 aliphatic rings. The van der Waals surface area contributed by atoms with Gasteiger partial charge >= 0.3 is 0 Å². The minimum atomic E-state index is -0.164. The molecule has 5 nitrogen and oxygen atoms in total. The molecule has 0 unspecified atom stereocenters. The number of benzene rings is 1. The maximum absolute atomic E-state index is 13.1. The molecule has 0 saturated carbocycles. The first kappa shape index (κ1) is 18.7. The van der Waals surface area contributed by atoms with Gasteiger partial charge in [0, 0.05) is 50.9 Å². The smallest absolute Gasteiger partial charge is 0.228 e. The molecule has 146 valence electrons. The molecule has 2 aromatic rings. The second kappa shape index (κ2) is 8.55. The van der Waals surface area contributed by atoms with Crippen LogP contribution in [0.1, 0.15) is 36.3 Å². The first-order valence-corrected chi connectivity index (χ1v) is 10.2. The predicted molar refractivity (Wildman–Crippen MR) is 108 cm³/mol. The third kappa shape index (κ3) is 4.08. The van der Waals surface area contributed by atoms with Gasteiger partial charge in [0.25, 0.3) is 0 Å². The van der Waals surface area contributed by atoms with Crippen LogP contribution in [0.5, 0.6) is 0 Å². The largest absolute Gasteiger partial charge is 0.342 e. The first-order valence-electron chi connectivity index (χ1n) is 10.2. The van der Waals surface area contributed by atoms with E-state index in [1.807, 2.05) is 46.3 Å². The molecular weight excluding hydrogens is 350 g/mol. The topological polar surface area (TPSA) is 53.5 Å². The van der Waals surface area contributed by atoms with Crippen LogP contribution >= 0.6 is 0 Å². The molecule has 0 spiro atoms. The monoisotopic (exact) mass is 377 g/mol. The van der Waals surface area contributed by atoms with Crippen LogP contribution in [0.3, 0.4) is 0 Å². The number of nitrogens with zero attached hydrogens (tertiary/aromatic N) is 3. The van der Waals surface area contributed by atoms with Gasteiger partial charge in [-0.05, 0) is 36.5 Å². The van der Waals surface area contributed by atoms with Gasteiger partial charge in [0.2, 0.25) is 11.8 Å². The normalized spacial score (nSPS) is 21.9. The molecule has 1 aromatic carbocycles. The highest BCUT2D eigenvalue weighted by Crippen LogP contribution is 2.34. The number of likely N-dealkylation sites (tertiary alicyclic amines) is 2. The molecule has 5 heteroatoms. The quantitative estimate of drug-likeness (QED) is 0.805. The summed E-state index contributed by atoms with van der Waals surface area (Å²) in [5.74, 6) is 0.199. The van der Waals surface area contributed by atoms with E-state index in [4.69, 9.17) is 0 Å². The van der Waals surface area contributed by atoms with Crippen molar-refractivity contribution in [2.24, 2.45) is 5.92 Å². The van der Waals surface area contributed by atoms with Crippen LogP contribution in [-0.4, -0.2) is 52.8 Å². The van der Waals surface area contributed by atoms with E-state index in [-0.39, 0.29) is 23.7 Å². The van der Waals surface area contributed by atoms with Gasteiger partial charge in [-0.2, -0.15) is 0 Å². The van der Waals surface area contributed by atoms with Crippen molar-refractivity contribution in [3.63, 3.8) is 0 Å². The second-order valence-corrected chi connectivity index (χ2v) is 7.82. The Morgan fingerprint density at radius 2 is 1.75 bits per heavy atom. The fourth-order valence-electron chi connectivity index (χ4n) is 4.42. The summed E-state index contributed by atoms with van der Waals surface area (Å²) in [6.45, 7) is 2.81. The van der Waals surface area contributed by atoms with Crippen molar-refractivity contribution in [2.45, 2.75) is 31.6 Å². The number of hydrogen-bond donors (Lipinski definition) is 0. The number of rotatable bonds is 5. The molecule has 4 rings (SSSR count). The maximum atomic E-state index is 13.1. The Hall–Kier alpha value is -2.69. The Morgan fingerprint density at radius 3 is 2.46 bits per heavy atom. The second-order valence-electron chi connectivity index (χ2n) is 7.82. The highest BCUT2D eigenvalue weighted by Gasteiger charge is 2.42. The summed E-state index contributed by atoms with van der Waals surface area (Å²) in [6.07, 6.45) is 6.96. The Bertz CT molecular complexity index is 803. The van der Waals surface area contributed by atoms with Gasteiger partial charge in [0.1, 0.15) is 0 Å². The highest BCUT2D eigenvalue weighted by atomic mass is 16.2. The van der Waals surface area contributed by atoms with Gasteiger partial charge in [-0.1, -0.05) is 36.4 Å². The average molecular weight is 377 g/mol. The third-order valence-corrected chi connectivity index (χ3v) is 5.99. The molecule has 28 heavy (non-hydrogen) atoms. The molecule has 0 aliphatic carbocycles. The van der Waals surface area contributed by atoms with Gasteiger partial charge in [-0.3, -0.25) is 14.6 Å². The van der Waals surface area contributed by atoms with Crippen LogP contribution < -0.4 is 0 Å². The van der Waals surface area contributed by atoms with Gasteiger partial charge < -0.3 is 9.80 Å². The zero-order chi connectivity index (χ0) is 19.3. The Kier molecular flexibility index (Phi) is 5.70. The minimum absolute atomic E-state index is 0.0301. The van der Waals surface area contributed by atoms with E-state index in [2.05, 4.69) is 17.1 Å². The molecule has 2 fully saturated rings. The van der Waals surface area contributed by atoms with E-state index >= 15 is 0 Å². The van der Waals surface area contributed by atoms with Crippen molar-refractivity contribution < 1.29 is 9.59 Å². The summed E-state index contributed by atoms with van der Waals surface area (Å²) in [7, 11) is 0. The lowest BCUT2D eigenvalue weighted by atomic mass is 9.89. The molecule has 1 aromatic heterocycles. The maximum Gasteiger partial charge on any atom is 0.228 e. The number of aryl methyl sites for hydroxylation is 1. The van der Waals surface area contributed by atoms with E-state index in [1.54, 1.807) is 6.20 Å².